The molecule has 31 heavy (non-hydrogen) atoms. The van der Waals surface area contributed by atoms with Crippen molar-refractivity contribution in [3.8, 4) is 17.0 Å². The Morgan fingerprint density at radius 1 is 1.10 bits per heavy atom. The Hall–Kier alpha value is -3.39. The van der Waals surface area contributed by atoms with Gasteiger partial charge in [0.2, 0.25) is 5.88 Å². The Morgan fingerprint density at radius 2 is 1.90 bits per heavy atom. The molecule has 0 aliphatic carbocycles. The molecule has 0 unspecified atom stereocenters. The lowest BCUT2D eigenvalue weighted by atomic mass is 10.1. The van der Waals surface area contributed by atoms with E-state index >= 15 is 0 Å². The Labute approximate surface area is 181 Å². The summed E-state index contributed by atoms with van der Waals surface area (Å²) in [6.07, 6.45) is 5.96. The van der Waals surface area contributed by atoms with E-state index in [-0.39, 0.29) is 6.10 Å². The van der Waals surface area contributed by atoms with Gasteiger partial charge in [0.05, 0.1) is 28.7 Å². The van der Waals surface area contributed by atoms with Crippen LogP contribution in [0.1, 0.15) is 29.6 Å². The number of fused-ring (bicyclic) bond motifs is 4. The third-order valence-corrected chi connectivity index (χ3v) is 5.99. The molecule has 0 saturated carbocycles. The zero-order valence-electron chi connectivity index (χ0n) is 18.5. The van der Waals surface area contributed by atoms with Crippen molar-refractivity contribution in [3.63, 3.8) is 0 Å². The molecule has 4 heterocycles. The predicted octanol–water partition coefficient (Wildman–Crippen LogP) is 3.39. The van der Waals surface area contributed by atoms with E-state index in [1.54, 1.807) is 4.68 Å². The molecule has 2 bridgehead atoms. The second kappa shape index (κ2) is 7.39. The fourth-order valence-electron chi connectivity index (χ4n) is 4.26. The van der Waals surface area contributed by atoms with Crippen LogP contribution in [0.3, 0.4) is 0 Å². The van der Waals surface area contributed by atoms with E-state index in [9.17, 15) is 0 Å². The van der Waals surface area contributed by atoms with Gasteiger partial charge in [0.15, 0.2) is 0 Å². The van der Waals surface area contributed by atoms with Gasteiger partial charge in [0, 0.05) is 43.8 Å². The first kappa shape index (κ1) is 19.6. The number of hydrogen-bond acceptors (Lipinski definition) is 5. The summed E-state index contributed by atoms with van der Waals surface area (Å²) in [5, 5.41) is 17.9. The summed E-state index contributed by atoms with van der Waals surface area (Å²) in [4.78, 5) is 2.27. The van der Waals surface area contributed by atoms with Crippen LogP contribution < -0.4 is 4.74 Å². The van der Waals surface area contributed by atoms with Crippen molar-refractivity contribution < 1.29 is 4.74 Å². The van der Waals surface area contributed by atoms with Crippen molar-refractivity contribution >= 4 is 23.1 Å². The maximum absolute atomic E-state index is 6.38. The SMILES string of the molecule is Cc1c2c(nn1C)/C=C/c1n[nH]c3ccc(cc13)-c1cnn(C)c1O[C@@H](C)CN(C)C2. The number of ether oxygens (including phenoxy) is 1. The van der Waals surface area contributed by atoms with Crippen molar-refractivity contribution in [2.24, 2.45) is 14.1 Å². The van der Waals surface area contributed by atoms with Crippen LogP contribution in [0.4, 0.5) is 0 Å². The molecule has 4 aromatic rings. The molecule has 1 aromatic carbocycles. The fourth-order valence-corrected chi connectivity index (χ4v) is 4.26. The molecule has 8 nitrogen and oxygen atoms in total. The van der Waals surface area contributed by atoms with Gasteiger partial charge in [0.1, 0.15) is 6.10 Å². The molecule has 8 heteroatoms. The highest BCUT2D eigenvalue weighted by Gasteiger charge is 2.20. The molecule has 5 rings (SSSR count). The zero-order chi connectivity index (χ0) is 21.7. The summed E-state index contributed by atoms with van der Waals surface area (Å²) in [6, 6.07) is 6.27. The minimum atomic E-state index is -0.00605. The first-order valence-electron chi connectivity index (χ1n) is 10.5. The highest BCUT2D eigenvalue weighted by Crippen LogP contribution is 2.33. The second-order valence-corrected chi connectivity index (χ2v) is 8.39. The van der Waals surface area contributed by atoms with Crippen LogP contribution in [0.15, 0.2) is 24.4 Å². The Kier molecular flexibility index (Phi) is 4.66. The number of rotatable bonds is 0. The van der Waals surface area contributed by atoms with Gasteiger partial charge >= 0.3 is 0 Å². The number of likely N-dealkylation sites (N-methyl/N-ethyl adjacent to an activating group) is 1. The number of aromatic amines is 1. The van der Waals surface area contributed by atoms with Crippen LogP contribution in [-0.2, 0) is 20.6 Å². The molecule has 160 valence electrons. The van der Waals surface area contributed by atoms with Crippen LogP contribution in [0.5, 0.6) is 5.88 Å². The molecule has 0 radical (unpaired) electrons. The quantitative estimate of drug-likeness (QED) is 0.475. The average molecular weight is 418 g/mol. The molecule has 0 spiro atoms. The number of aromatic nitrogens is 6. The molecule has 1 atom stereocenters. The van der Waals surface area contributed by atoms with Gasteiger partial charge in [-0.25, -0.2) is 4.68 Å². The summed E-state index contributed by atoms with van der Waals surface area (Å²) >= 11 is 0. The minimum absolute atomic E-state index is 0.00605. The second-order valence-electron chi connectivity index (χ2n) is 8.39. The van der Waals surface area contributed by atoms with Crippen LogP contribution in [-0.4, -0.2) is 54.4 Å². The van der Waals surface area contributed by atoms with Gasteiger partial charge < -0.3 is 4.74 Å². The number of hydrogen-bond donors (Lipinski definition) is 1. The van der Waals surface area contributed by atoms with Crippen molar-refractivity contribution in [1.82, 2.24) is 34.7 Å². The van der Waals surface area contributed by atoms with E-state index in [2.05, 4.69) is 65.4 Å². The third-order valence-electron chi connectivity index (χ3n) is 5.99. The average Bonchev–Trinajstić information content (AvgIpc) is 3.38. The van der Waals surface area contributed by atoms with Crippen LogP contribution in [0.25, 0.3) is 34.2 Å². The lowest BCUT2D eigenvalue weighted by Gasteiger charge is -2.23. The van der Waals surface area contributed by atoms with Crippen molar-refractivity contribution in [1.29, 1.82) is 0 Å². The number of benzene rings is 1. The van der Waals surface area contributed by atoms with Gasteiger partial charge in [-0.1, -0.05) is 6.07 Å². The summed E-state index contributed by atoms with van der Waals surface area (Å²) in [5.74, 6) is 0.772. The molecule has 1 aliphatic rings. The van der Waals surface area contributed by atoms with Gasteiger partial charge in [-0.05, 0) is 50.7 Å². The highest BCUT2D eigenvalue weighted by atomic mass is 16.5. The first-order valence-corrected chi connectivity index (χ1v) is 10.5. The summed E-state index contributed by atoms with van der Waals surface area (Å²) in [7, 11) is 6.02. The standard InChI is InChI=1S/C23H27N7O/c1-14-12-28(3)13-19-15(2)29(4)27-22(19)9-8-21-17-10-16(6-7-20(17)25-26-21)18-11-24-30(5)23(18)31-14/h6-11,14H,12-13H2,1-5H3,(H,25,26)/b9-8+/t14-/m0/s1. The molecular weight excluding hydrogens is 390 g/mol. The van der Waals surface area contributed by atoms with Gasteiger partial charge in [-0.3, -0.25) is 14.7 Å². The monoisotopic (exact) mass is 417 g/mol. The van der Waals surface area contributed by atoms with E-state index in [0.717, 1.165) is 58.1 Å². The zero-order valence-corrected chi connectivity index (χ0v) is 18.5. The molecular formula is C23H27N7O. The number of nitrogens with zero attached hydrogens (tertiary/aromatic N) is 6. The van der Waals surface area contributed by atoms with Crippen LogP contribution in [0.2, 0.25) is 0 Å². The van der Waals surface area contributed by atoms with Crippen molar-refractivity contribution in [2.45, 2.75) is 26.5 Å². The molecule has 1 aliphatic heterocycles. The first-order chi connectivity index (χ1) is 14.9. The number of H-pyrrole nitrogens is 1. The van der Waals surface area contributed by atoms with Gasteiger partial charge in [0.25, 0.3) is 0 Å². The Morgan fingerprint density at radius 3 is 2.74 bits per heavy atom. The third kappa shape index (κ3) is 3.42. The largest absolute Gasteiger partial charge is 0.473 e. The van der Waals surface area contributed by atoms with E-state index in [4.69, 9.17) is 9.84 Å². The fraction of sp³-hybridized carbons (Fsp3) is 0.348. The summed E-state index contributed by atoms with van der Waals surface area (Å²) < 4.78 is 10.1. The maximum Gasteiger partial charge on any atom is 0.219 e. The predicted molar refractivity (Wildman–Crippen MR) is 122 cm³/mol. The van der Waals surface area contributed by atoms with E-state index in [1.807, 2.05) is 31.1 Å². The van der Waals surface area contributed by atoms with E-state index < -0.39 is 0 Å². The normalized spacial score (nSPS) is 18.3. The van der Waals surface area contributed by atoms with Crippen LogP contribution in [0, 0.1) is 6.92 Å². The molecule has 3 aromatic heterocycles. The minimum Gasteiger partial charge on any atom is -0.473 e. The van der Waals surface area contributed by atoms with Crippen molar-refractivity contribution in [3.05, 3.63) is 47.0 Å². The van der Waals surface area contributed by atoms with Crippen LogP contribution >= 0.6 is 0 Å². The van der Waals surface area contributed by atoms with E-state index in [1.165, 1.54) is 5.56 Å². The Balaban J connectivity index is 1.69. The lowest BCUT2D eigenvalue weighted by molar-refractivity contribution is 0.148. The van der Waals surface area contributed by atoms with E-state index in [0.29, 0.717) is 0 Å². The summed E-state index contributed by atoms with van der Waals surface area (Å²) in [5.41, 5.74) is 7.24. The smallest absolute Gasteiger partial charge is 0.219 e. The van der Waals surface area contributed by atoms with Gasteiger partial charge in [-0.2, -0.15) is 15.3 Å². The van der Waals surface area contributed by atoms with Gasteiger partial charge in [-0.15, -0.1) is 0 Å². The Bertz CT molecular complexity index is 1290. The molecule has 0 amide bonds. The number of nitrogens with one attached hydrogen (secondary N) is 1. The number of aryl methyl sites for hydroxylation is 2. The van der Waals surface area contributed by atoms with Crippen molar-refractivity contribution in [2.75, 3.05) is 13.6 Å². The summed E-state index contributed by atoms with van der Waals surface area (Å²) in [6.45, 7) is 5.78. The molecule has 0 fully saturated rings. The topological polar surface area (TPSA) is 76.8 Å². The molecule has 1 N–H and O–H groups in total. The highest BCUT2D eigenvalue weighted by molar-refractivity contribution is 5.92. The molecule has 0 saturated heterocycles. The lowest BCUT2D eigenvalue weighted by Crippen LogP contribution is -2.31. The maximum atomic E-state index is 6.38.